The molecule has 0 fully saturated rings. The lowest BCUT2D eigenvalue weighted by Gasteiger charge is -2.24. The predicted octanol–water partition coefficient (Wildman–Crippen LogP) is 4.02. The molecule has 1 aliphatic rings. The predicted molar refractivity (Wildman–Crippen MR) is 124 cm³/mol. The van der Waals surface area contributed by atoms with Crippen LogP contribution in [-0.4, -0.2) is 34.3 Å². The molecule has 6 nitrogen and oxygen atoms in total. The highest BCUT2D eigenvalue weighted by Gasteiger charge is 2.25. The van der Waals surface area contributed by atoms with Gasteiger partial charge in [0.1, 0.15) is 17.4 Å². The van der Waals surface area contributed by atoms with E-state index in [1.54, 1.807) is 18.2 Å². The lowest BCUT2D eigenvalue weighted by molar-refractivity contribution is -0.114. The van der Waals surface area contributed by atoms with E-state index in [9.17, 15) is 19.8 Å². The number of carbonyl (C=O) groups is 2. The normalized spacial score (nSPS) is 22.5. The first-order chi connectivity index (χ1) is 15.4. The van der Waals surface area contributed by atoms with Crippen LogP contribution >= 0.6 is 0 Å². The molecular formula is C26H33NO5. The van der Waals surface area contributed by atoms with E-state index in [2.05, 4.69) is 24.1 Å². The Kier molecular flexibility index (Phi) is 10.6. The van der Waals surface area contributed by atoms with E-state index in [4.69, 9.17) is 4.74 Å². The molecule has 0 radical (unpaired) electrons. The van der Waals surface area contributed by atoms with E-state index in [0.717, 1.165) is 12.8 Å². The van der Waals surface area contributed by atoms with Crippen LogP contribution in [0, 0.1) is 17.8 Å². The number of carbonyl (C=O) groups excluding carboxylic acids is 2. The summed E-state index contributed by atoms with van der Waals surface area (Å²) < 4.78 is 5.67. The van der Waals surface area contributed by atoms with Crippen molar-refractivity contribution in [2.75, 3.05) is 0 Å². The van der Waals surface area contributed by atoms with Crippen LogP contribution in [0.1, 0.15) is 68.3 Å². The molecule has 3 N–H and O–H groups in total. The van der Waals surface area contributed by atoms with Gasteiger partial charge in [-0.05, 0) is 42.7 Å². The van der Waals surface area contributed by atoms with Crippen LogP contribution in [-0.2, 0) is 16.0 Å². The summed E-state index contributed by atoms with van der Waals surface area (Å²) in [6.07, 6.45) is 10.2. The number of phenolic OH excluding ortho intramolecular Hbond substituents is 1. The number of rotatable bonds is 5. The van der Waals surface area contributed by atoms with Gasteiger partial charge in [0.05, 0.1) is 6.10 Å². The maximum absolute atomic E-state index is 12.9. The van der Waals surface area contributed by atoms with Gasteiger partial charge in [-0.15, -0.1) is 0 Å². The minimum absolute atomic E-state index is 0.00222. The molecule has 0 aliphatic carbocycles. The Hall–Kier alpha value is -3.04. The molecule has 0 saturated heterocycles. The number of benzene rings is 1. The Morgan fingerprint density at radius 2 is 2.16 bits per heavy atom. The van der Waals surface area contributed by atoms with Gasteiger partial charge in [0, 0.05) is 25.5 Å². The Balaban J connectivity index is 2.10. The minimum Gasteiger partial charge on any atom is -0.507 e. The van der Waals surface area contributed by atoms with E-state index in [-0.39, 0.29) is 23.7 Å². The lowest BCUT2D eigenvalue weighted by Crippen LogP contribution is -2.28. The van der Waals surface area contributed by atoms with Crippen LogP contribution in [0.3, 0.4) is 0 Å². The van der Waals surface area contributed by atoms with Crippen LogP contribution in [0.4, 0.5) is 0 Å². The van der Waals surface area contributed by atoms with Crippen molar-refractivity contribution in [3.05, 3.63) is 53.8 Å². The molecule has 0 aromatic heterocycles. The summed E-state index contributed by atoms with van der Waals surface area (Å²) in [5, 5.41) is 23.4. The van der Waals surface area contributed by atoms with Gasteiger partial charge in [0.15, 0.2) is 0 Å². The van der Waals surface area contributed by atoms with Gasteiger partial charge in [-0.25, -0.2) is 4.79 Å². The van der Waals surface area contributed by atoms with Crippen molar-refractivity contribution in [2.45, 2.75) is 71.0 Å². The number of hydrogen-bond acceptors (Lipinski definition) is 5. The number of aromatic hydroxyl groups is 1. The van der Waals surface area contributed by atoms with E-state index in [0.29, 0.717) is 31.2 Å². The fourth-order valence-corrected chi connectivity index (χ4v) is 3.37. The monoisotopic (exact) mass is 439 g/mol. The largest absolute Gasteiger partial charge is 0.507 e. The quantitative estimate of drug-likeness (QED) is 0.279. The summed E-state index contributed by atoms with van der Waals surface area (Å²) in [5.41, 5.74) is 0.827. The third-order valence-electron chi connectivity index (χ3n) is 5.37. The maximum atomic E-state index is 12.9. The number of fused-ring (bicyclic) bond motifs is 1. The number of ether oxygens (including phenoxy) is 1. The molecular weight excluding hydrogens is 406 g/mol. The molecule has 1 aromatic carbocycles. The number of esters is 1. The Morgan fingerprint density at radius 3 is 2.94 bits per heavy atom. The zero-order valence-electron chi connectivity index (χ0n) is 18.8. The average molecular weight is 440 g/mol. The van der Waals surface area contributed by atoms with Crippen LogP contribution in [0.15, 0.2) is 42.6 Å². The molecule has 1 aromatic rings. The highest BCUT2D eigenvalue weighted by molar-refractivity contribution is 5.94. The van der Waals surface area contributed by atoms with Gasteiger partial charge in [0.2, 0.25) is 0 Å². The van der Waals surface area contributed by atoms with Crippen LogP contribution in [0.2, 0.25) is 0 Å². The van der Waals surface area contributed by atoms with Crippen molar-refractivity contribution in [3.63, 3.8) is 0 Å². The van der Waals surface area contributed by atoms with Crippen LogP contribution in [0.25, 0.3) is 0 Å². The summed E-state index contributed by atoms with van der Waals surface area (Å²) in [5.74, 6) is 4.19. The van der Waals surface area contributed by atoms with E-state index in [1.165, 1.54) is 12.3 Å². The van der Waals surface area contributed by atoms with Crippen molar-refractivity contribution in [1.29, 1.82) is 0 Å². The van der Waals surface area contributed by atoms with Gasteiger partial charge >= 0.3 is 5.97 Å². The van der Waals surface area contributed by atoms with Crippen LogP contribution < -0.4 is 5.32 Å². The molecule has 0 spiro atoms. The standard InChI is InChI=1S/C26H33NO5/c1-3-4-5-6-16-24(30)27-17-10-14-21-18-23(29)19(2)11-7-8-12-20-13-9-15-22(28)25(20)26(31)32-21/h7-10,13,15,17,19,21,23,28-29H,3-5,11-12,14,18H2,1-2H3,(H,27,30)/b8-7+,17-10+/t19-,21-,23+/m0/s1. The Bertz CT molecular complexity index is 893. The number of unbranched alkanes of at least 4 members (excludes halogenated alkanes) is 2. The lowest BCUT2D eigenvalue weighted by atomic mass is 9.93. The zero-order valence-corrected chi connectivity index (χ0v) is 18.8. The van der Waals surface area contributed by atoms with Crippen molar-refractivity contribution >= 4 is 11.9 Å². The van der Waals surface area contributed by atoms with E-state index < -0.39 is 24.1 Å². The molecule has 32 heavy (non-hydrogen) atoms. The van der Waals surface area contributed by atoms with Crippen molar-refractivity contribution < 1.29 is 24.5 Å². The number of cyclic esters (lactones) is 1. The number of amides is 1. The molecule has 3 atom stereocenters. The third kappa shape index (κ3) is 8.24. The highest BCUT2D eigenvalue weighted by Crippen LogP contribution is 2.26. The second-order valence-electron chi connectivity index (χ2n) is 8.05. The number of hydrogen-bond donors (Lipinski definition) is 3. The molecule has 0 unspecified atom stereocenters. The summed E-state index contributed by atoms with van der Waals surface area (Å²) in [4.78, 5) is 24.6. The third-order valence-corrected chi connectivity index (χ3v) is 5.37. The molecule has 6 heteroatoms. The van der Waals surface area contributed by atoms with Gasteiger partial charge in [-0.3, -0.25) is 4.79 Å². The van der Waals surface area contributed by atoms with Gasteiger partial charge in [0.25, 0.3) is 5.91 Å². The number of aliphatic hydroxyl groups excluding tert-OH is 1. The Morgan fingerprint density at radius 1 is 1.34 bits per heavy atom. The fourth-order valence-electron chi connectivity index (χ4n) is 3.37. The van der Waals surface area contributed by atoms with Crippen molar-refractivity contribution in [1.82, 2.24) is 5.32 Å². The minimum atomic E-state index is -0.659. The molecule has 1 aliphatic heterocycles. The number of aliphatic hydroxyl groups is 1. The van der Waals surface area contributed by atoms with Gasteiger partial charge < -0.3 is 20.3 Å². The van der Waals surface area contributed by atoms with Crippen LogP contribution in [0.5, 0.6) is 5.75 Å². The maximum Gasteiger partial charge on any atom is 0.342 e. The summed E-state index contributed by atoms with van der Waals surface area (Å²) in [7, 11) is 0. The molecule has 1 heterocycles. The molecule has 2 rings (SSSR count). The smallest absolute Gasteiger partial charge is 0.342 e. The van der Waals surface area contributed by atoms with Gasteiger partial charge in [-0.2, -0.15) is 0 Å². The highest BCUT2D eigenvalue weighted by atomic mass is 16.5. The number of allylic oxidation sites excluding steroid dienone is 2. The molecule has 0 bridgehead atoms. The van der Waals surface area contributed by atoms with Crippen molar-refractivity contribution in [3.8, 4) is 17.6 Å². The summed E-state index contributed by atoms with van der Waals surface area (Å²) >= 11 is 0. The summed E-state index contributed by atoms with van der Waals surface area (Å²) in [6, 6.07) is 4.94. The first-order valence-electron chi connectivity index (χ1n) is 11.2. The second-order valence-corrected chi connectivity index (χ2v) is 8.05. The first-order valence-corrected chi connectivity index (χ1v) is 11.2. The van der Waals surface area contributed by atoms with E-state index in [1.807, 2.05) is 19.1 Å². The fraction of sp³-hybridized carbons (Fsp3) is 0.462. The second kappa shape index (κ2) is 13.4. The van der Waals surface area contributed by atoms with E-state index >= 15 is 0 Å². The van der Waals surface area contributed by atoms with Crippen molar-refractivity contribution in [2.24, 2.45) is 5.92 Å². The molecule has 172 valence electrons. The molecule has 1 amide bonds. The SMILES string of the molecule is CCCCC#CC(=O)N/C=C/C[C@H]1C[C@@H](O)[C@@H](C)C/C=C/Cc2cccc(O)c2C(=O)O1. The van der Waals surface area contributed by atoms with Gasteiger partial charge in [-0.1, -0.05) is 56.5 Å². The first kappa shape index (κ1) is 25.2. The average Bonchev–Trinajstić information content (AvgIpc) is 2.76. The number of phenols is 1. The zero-order chi connectivity index (χ0) is 23.3. The topological polar surface area (TPSA) is 95.9 Å². The summed E-state index contributed by atoms with van der Waals surface area (Å²) in [6.45, 7) is 4.01. The Labute approximate surface area is 190 Å². The molecule has 0 saturated carbocycles. The number of nitrogens with one attached hydrogen (secondary N) is 1.